The van der Waals surface area contributed by atoms with Crippen molar-refractivity contribution in [3.8, 4) is 11.1 Å². The summed E-state index contributed by atoms with van der Waals surface area (Å²) in [6.07, 6.45) is 2.19. The summed E-state index contributed by atoms with van der Waals surface area (Å²) in [5.74, 6) is -0.214. The van der Waals surface area contributed by atoms with Crippen LogP contribution in [0.25, 0.3) is 21.3 Å². The maximum atomic E-state index is 13.2. The molecule has 2 heterocycles. The Morgan fingerprint density at radius 3 is 2.60 bits per heavy atom. The molecule has 0 bridgehead atoms. The average molecular weight is 438 g/mol. The van der Waals surface area contributed by atoms with E-state index in [-0.39, 0.29) is 18.0 Å². The number of carbonyl (C=O) groups is 1. The minimum Gasteiger partial charge on any atom is -0.354 e. The lowest BCUT2D eigenvalue weighted by molar-refractivity contribution is -0.121. The molecule has 4 rings (SSSR count). The van der Waals surface area contributed by atoms with Crippen LogP contribution in [0.2, 0.25) is 5.02 Å². The van der Waals surface area contributed by atoms with E-state index in [1.54, 1.807) is 12.1 Å². The van der Waals surface area contributed by atoms with Crippen molar-refractivity contribution in [3.63, 3.8) is 0 Å². The normalized spacial score (nSPS) is 11.0. The molecule has 2 aromatic heterocycles. The maximum absolute atomic E-state index is 13.2. The first kappa shape index (κ1) is 20.3. The Bertz CT molecular complexity index is 1250. The Morgan fingerprint density at radius 1 is 1.13 bits per heavy atom. The van der Waals surface area contributed by atoms with Gasteiger partial charge in [-0.15, -0.1) is 11.3 Å². The van der Waals surface area contributed by atoms with Crippen LogP contribution < -0.4 is 10.9 Å². The van der Waals surface area contributed by atoms with E-state index in [2.05, 4.69) is 10.3 Å². The van der Waals surface area contributed by atoms with Gasteiger partial charge < -0.3 is 5.32 Å². The Hall–Kier alpha value is -2.96. The maximum Gasteiger partial charge on any atom is 0.263 e. The third-order valence-corrected chi connectivity index (χ3v) is 6.15. The van der Waals surface area contributed by atoms with E-state index in [9.17, 15) is 9.59 Å². The van der Waals surface area contributed by atoms with E-state index in [4.69, 9.17) is 11.6 Å². The zero-order valence-electron chi connectivity index (χ0n) is 16.4. The van der Waals surface area contributed by atoms with Gasteiger partial charge in [-0.25, -0.2) is 4.98 Å². The fourth-order valence-corrected chi connectivity index (χ4v) is 4.55. The minimum absolute atomic E-state index is 0.0640. The number of rotatable bonds is 6. The van der Waals surface area contributed by atoms with Crippen molar-refractivity contribution >= 4 is 39.1 Å². The van der Waals surface area contributed by atoms with Crippen molar-refractivity contribution in [2.75, 3.05) is 6.54 Å². The third kappa shape index (κ3) is 4.30. The van der Waals surface area contributed by atoms with E-state index in [0.29, 0.717) is 21.8 Å². The molecule has 0 aliphatic rings. The first-order valence-corrected chi connectivity index (χ1v) is 10.8. The van der Waals surface area contributed by atoms with Gasteiger partial charge in [0.15, 0.2) is 0 Å². The number of carbonyl (C=O) groups excluding carboxylic acids is 1. The molecule has 2 aromatic carbocycles. The van der Waals surface area contributed by atoms with Crippen LogP contribution in [0.4, 0.5) is 0 Å². The molecule has 152 valence electrons. The second kappa shape index (κ2) is 8.81. The highest BCUT2D eigenvalue weighted by molar-refractivity contribution is 7.19. The van der Waals surface area contributed by atoms with Gasteiger partial charge in [-0.3, -0.25) is 14.2 Å². The molecule has 1 amide bonds. The van der Waals surface area contributed by atoms with Gasteiger partial charge in [0.1, 0.15) is 11.4 Å². The van der Waals surface area contributed by atoms with Crippen molar-refractivity contribution in [2.45, 2.75) is 19.9 Å². The third-order valence-electron chi connectivity index (χ3n) is 4.88. The summed E-state index contributed by atoms with van der Waals surface area (Å²) in [6.45, 7) is 2.42. The van der Waals surface area contributed by atoms with Crippen molar-refractivity contribution in [2.24, 2.45) is 0 Å². The van der Waals surface area contributed by atoms with Crippen LogP contribution in [0, 0.1) is 6.92 Å². The molecule has 0 unspecified atom stereocenters. The Morgan fingerprint density at radius 2 is 1.87 bits per heavy atom. The summed E-state index contributed by atoms with van der Waals surface area (Å²) >= 11 is 7.48. The molecule has 0 saturated carbocycles. The molecule has 0 aliphatic carbocycles. The number of fused-ring (bicyclic) bond motifs is 1. The molecule has 30 heavy (non-hydrogen) atoms. The molecular weight excluding hydrogens is 418 g/mol. The first-order valence-electron chi connectivity index (χ1n) is 9.58. The summed E-state index contributed by atoms with van der Waals surface area (Å²) in [7, 11) is 0. The molecule has 7 heteroatoms. The smallest absolute Gasteiger partial charge is 0.263 e. The molecule has 1 N–H and O–H groups in total. The molecule has 0 spiro atoms. The molecule has 0 fully saturated rings. The molecule has 5 nitrogen and oxygen atoms in total. The van der Waals surface area contributed by atoms with Crippen LogP contribution in [0.15, 0.2) is 65.7 Å². The van der Waals surface area contributed by atoms with E-state index < -0.39 is 0 Å². The van der Waals surface area contributed by atoms with Gasteiger partial charge in [-0.1, -0.05) is 54.1 Å². The van der Waals surface area contributed by atoms with Gasteiger partial charge in [-0.2, -0.15) is 0 Å². The van der Waals surface area contributed by atoms with E-state index in [0.717, 1.165) is 28.0 Å². The molecule has 0 atom stereocenters. The molecule has 0 radical (unpaired) electrons. The standard InChI is InChI=1S/C23H20ClN3O2S/c1-15-20(17-7-9-18(24)10-8-17)21-22(30-15)26-14-27(23(21)29)13-19(28)25-12-11-16-5-3-2-4-6-16/h2-10,14H,11-13H2,1H3,(H,25,28). The van der Waals surface area contributed by atoms with Crippen molar-refractivity contribution in [1.82, 2.24) is 14.9 Å². The second-order valence-electron chi connectivity index (χ2n) is 6.98. The number of benzene rings is 2. The highest BCUT2D eigenvalue weighted by Crippen LogP contribution is 2.35. The SMILES string of the molecule is Cc1sc2ncn(CC(=O)NCCc3ccccc3)c(=O)c2c1-c1ccc(Cl)cc1. The lowest BCUT2D eigenvalue weighted by Gasteiger charge is -2.08. The number of thiophene rings is 1. The minimum atomic E-state index is -0.215. The van der Waals surface area contributed by atoms with Gasteiger partial charge in [0.25, 0.3) is 5.56 Å². The van der Waals surface area contributed by atoms with Crippen LogP contribution in [0.1, 0.15) is 10.4 Å². The summed E-state index contributed by atoms with van der Waals surface area (Å²) in [5, 5.41) is 4.05. The summed E-state index contributed by atoms with van der Waals surface area (Å²) < 4.78 is 1.37. The lowest BCUT2D eigenvalue weighted by Crippen LogP contribution is -2.33. The van der Waals surface area contributed by atoms with Gasteiger partial charge in [0.2, 0.25) is 5.91 Å². The topological polar surface area (TPSA) is 64.0 Å². The first-order chi connectivity index (χ1) is 14.5. The van der Waals surface area contributed by atoms with Crippen molar-refractivity contribution < 1.29 is 4.79 Å². The number of halogens is 1. The van der Waals surface area contributed by atoms with E-state index in [1.165, 1.54) is 22.2 Å². The molecule has 0 saturated heterocycles. The van der Waals surface area contributed by atoms with Crippen LogP contribution in [0.3, 0.4) is 0 Å². The van der Waals surface area contributed by atoms with E-state index >= 15 is 0 Å². The Kier molecular flexibility index (Phi) is 5.97. The zero-order chi connectivity index (χ0) is 21.1. The number of aromatic nitrogens is 2. The molecule has 4 aromatic rings. The van der Waals surface area contributed by atoms with E-state index in [1.807, 2.05) is 49.4 Å². The zero-order valence-corrected chi connectivity index (χ0v) is 18.0. The highest BCUT2D eigenvalue weighted by Gasteiger charge is 2.17. The van der Waals surface area contributed by atoms with Gasteiger partial charge in [-0.05, 0) is 36.6 Å². The highest BCUT2D eigenvalue weighted by atomic mass is 35.5. The van der Waals surface area contributed by atoms with Crippen LogP contribution >= 0.6 is 22.9 Å². The summed E-state index contributed by atoms with van der Waals surface area (Å²) in [6, 6.07) is 17.3. The number of aryl methyl sites for hydroxylation is 1. The summed E-state index contributed by atoms with van der Waals surface area (Å²) in [5.41, 5.74) is 2.70. The number of hydrogen-bond donors (Lipinski definition) is 1. The average Bonchev–Trinajstić information content (AvgIpc) is 3.08. The quantitative estimate of drug-likeness (QED) is 0.484. The van der Waals surface area contributed by atoms with Gasteiger partial charge >= 0.3 is 0 Å². The largest absolute Gasteiger partial charge is 0.354 e. The van der Waals surface area contributed by atoms with Crippen LogP contribution in [0.5, 0.6) is 0 Å². The van der Waals surface area contributed by atoms with Crippen molar-refractivity contribution in [3.05, 3.63) is 86.7 Å². The molecular formula is C23H20ClN3O2S. The monoisotopic (exact) mass is 437 g/mol. The fourth-order valence-electron chi connectivity index (χ4n) is 3.42. The number of amides is 1. The predicted octanol–water partition coefficient (Wildman–Crippen LogP) is 4.45. The second-order valence-corrected chi connectivity index (χ2v) is 8.62. The van der Waals surface area contributed by atoms with Crippen LogP contribution in [-0.4, -0.2) is 22.0 Å². The predicted molar refractivity (Wildman–Crippen MR) is 122 cm³/mol. The number of nitrogens with one attached hydrogen (secondary N) is 1. The number of hydrogen-bond acceptors (Lipinski definition) is 4. The molecule has 0 aliphatic heterocycles. The van der Waals surface area contributed by atoms with Gasteiger partial charge in [0.05, 0.1) is 11.7 Å². The Labute approximate surface area is 183 Å². The van der Waals surface area contributed by atoms with Gasteiger partial charge in [0, 0.05) is 22.0 Å². The lowest BCUT2D eigenvalue weighted by atomic mass is 10.0. The summed E-state index contributed by atoms with van der Waals surface area (Å²) in [4.78, 5) is 31.6. The Balaban J connectivity index is 1.55. The van der Waals surface area contributed by atoms with Crippen LogP contribution in [-0.2, 0) is 17.8 Å². The number of nitrogens with zero attached hydrogens (tertiary/aromatic N) is 2. The fraction of sp³-hybridized carbons (Fsp3) is 0.174. The van der Waals surface area contributed by atoms with Crippen molar-refractivity contribution in [1.29, 1.82) is 0 Å².